The molecule has 1 atom stereocenters. The van der Waals surface area contributed by atoms with Crippen molar-refractivity contribution >= 4 is 24.1 Å². The maximum absolute atomic E-state index is 7.23. The molecule has 68 valence electrons. The van der Waals surface area contributed by atoms with E-state index in [1.807, 2.05) is 6.92 Å². The van der Waals surface area contributed by atoms with Gasteiger partial charge in [0.15, 0.2) is 11.4 Å². The molecule has 0 fully saturated rings. The van der Waals surface area contributed by atoms with Gasteiger partial charge in [-0.25, -0.2) is 0 Å². The highest BCUT2D eigenvalue weighted by molar-refractivity contribution is 6.12. The number of rotatable bonds is 2. The monoisotopic (exact) mass is 190 g/mol. The minimum atomic E-state index is -0.958. The van der Waals surface area contributed by atoms with Gasteiger partial charge in [-0.15, -0.1) is 22.6 Å². The summed E-state index contributed by atoms with van der Waals surface area (Å²) < 4.78 is 0. The number of nitrogens with two attached hydrogens (primary N) is 2. The van der Waals surface area contributed by atoms with E-state index >= 15 is 0 Å². The first kappa shape index (κ1) is 10.8. The van der Waals surface area contributed by atoms with E-state index < -0.39 is 5.54 Å². The highest BCUT2D eigenvalue weighted by Crippen LogP contribution is 2.21. The van der Waals surface area contributed by atoms with Gasteiger partial charge < -0.3 is 11.5 Å². The molecule has 0 amide bonds. The van der Waals surface area contributed by atoms with Crippen molar-refractivity contribution in [1.82, 2.24) is 0 Å². The molecule has 0 spiro atoms. The Hall–Kier alpha value is -1.17. The van der Waals surface area contributed by atoms with E-state index in [4.69, 9.17) is 16.9 Å². The number of amidine groups is 2. The summed E-state index contributed by atoms with van der Waals surface area (Å²) in [4.78, 5) is 0. The number of nitrogens with zero attached hydrogens (tertiary/aromatic N) is 3. The van der Waals surface area contributed by atoms with Gasteiger partial charge in [0.25, 0.3) is 0 Å². The van der Waals surface area contributed by atoms with Gasteiger partial charge in [0, 0.05) is 0 Å². The largest absolute Gasteiger partial charge is 0.385 e. The summed E-state index contributed by atoms with van der Waals surface area (Å²) in [6, 6.07) is 0. The fourth-order valence-corrected chi connectivity index (χ4v) is 0.915. The molecule has 12 heavy (non-hydrogen) atoms. The van der Waals surface area contributed by atoms with Gasteiger partial charge in [-0.2, -0.15) is 0 Å². The van der Waals surface area contributed by atoms with E-state index in [0.717, 1.165) is 0 Å². The quantitative estimate of drug-likeness (QED) is 0.428. The van der Waals surface area contributed by atoms with E-state index in [0.29, 0.717) is 6.42 Å². The molecule has 0 aromatic heterocycles. The summed E-state index contributed by atoms with van der Waals surface area (Å²) in [5.41, 5.74) is 9.81. The van der Waals surface area contributed by atoms with Crippen LogP contribution in [0.2, 0.25) is 0 Å². The van der Waals surface area contributed by atoms with Crippen LogP contribution < -0.4 is 11.5 Å². The summed E-state index contributed by atoms with van der Waals surface area (Å²) in [6.07, 6.45) is 0.515. The Morgan fingerprint density at radius 2 is 2.25 bits per heavy atom. The van der Waals surface area contributed by atoms with Crippen LogP contribution in [0.25, 0.3) is 0 Å². The van der Waals surface area contributed by atoms with Crippen LogP contribution in [0.1, 0.15) is 13.3 Å². The molecule has 0 aliphatic carbocycles. The Morgan fingerprint density at radius 1 is 1.67 bits per heavy atom. The van der Waals surface area contributed by atoms with Gasteiger partial charge in [-0.3, -0.25) is 5.41 Å². The SMILES string of the molecule is CCC1(C(=N)N)N=NN=C1N.Cl. The smallest absolute Gasteiger partial charge is 0.198 e. The van der Waals surface area contributed by atoms with E-state index in [9.17, 15) is 0 Å². The van der Waals surface area contributed by atoms with Gasteiger partial charge in [0.05, 0.1) is 0 Å². The second-order valence-corrected chi connectivity index (χ2v) is 2.30. The van der Waals surface area contributed by atoms with Gasteiger partial charge in [-0.05, 0) is 11.6 Å². The lowest BCUT2D eigenvalue weighted by atomic mass is 9.95. The highest BCUT2D eigenvalue weighted by Gasteiger charge is 2.39. The molecule has 0 radical (unpaired) electrons. The van der Waals surface area contributed by atoms with Crippen LogP contribution >= 0.6 is 12.4 Å². The zero-order valence-corrected chi connectivity index (χ0v) is 7.43. The standard InChI is InChI=1S/C5H10N6.ClH/c1-2-5(3(6)7)4(8)9-11-10-5;/h2H2,1H3,(H3,6,7)(H2,8,9,10);1H. The topological polar surface area (TPSA) is 113 Å². The van der Waals surface area contributed by atoms with Crippen molar-refractivity contribution in [3.8, 4) is 0 Å². The maximum Gasteiger partial charge on any atom is 0.198 e. The molecule has 0 saturated carbocycles. The third-order valence-electron chi connectivity index (χ3n) is 1.75. The molecule has 6 nitrogen and oxygen atoms in total. The molecule has 0 aromatic rings. The van der Waals surface area contributed by atoms with E-state index in [1.54, 1.807) is 0 Å². The van der Waals surface area contributed by atoms with Crippen LogP contribution in [0.3, 0.4) is 0 Å². The number of hydrogen-bond acceptors (Lipinski definition) is 5. The van der Waals surface area contributed by atoms with Crippen molar-refractivity contribution in [3.63, 3.8) is 0 Å². The number of halogens is 1. The first-order valence-corrected chi connectivity index (χ1v) is 3.24. The predicted octanol–water partition coefficient (Wildman–Crippen LogP) is 0.231. The van der Waals surface area contributed by atoms with Crippen molar-refractivity contribution in [1.29, 1.82) is 5.41 Å². The van der Waals surface area contributed by atoms with Crippen LogP contribution in [0, 0.1) is 5.41 Å². The number of hydrogen-bond donors (Lipinski definition) is 3. The fourth-order valence-electron chi connectivity index (χ4n) is 0.915. The molecule has 1 aliphatic heterocycles. The molecule has 7 heteroatoms. The zero-order chi connectivity index (χ0) is 8.48. The molecule has 0 aromatic carbocycles. The molecule has 0 saturated heterocycles. The second-order valence-electron chi connectivity index (χ2n) is 2.30. The second kappa shape index (κ2) is 3.48. The average molecular weight is 191 g/mol. The van der Waals surface area contributed by atoms with Gasteiger partial charge in [-0.1, -0.05) is 6.92 Å². The third kappa shape index (κ3) is 1.25. The van der Waals surface area contributed by atoms with Crippen molar-refractivity contribution in [2.24, 2.45) is 26.9 Å². The number of nitrogens with one attached hydrogen (secondary N) is 1. The Labute approximate surface area is 76.0 Å². The molecular weight excluding hydrogens is 180 g/mol. The van der Waals surface area contributed by atoms with Gasteiger partial charge in [0.1, 0.15) is 5.84 Å². The van der Waals surface area contributed by atoms with E-state index in [1.165, 1.54) is 0 Å². The first-order chi connectivity index (χ1) is 5.13. The summed E-state index contributed by atoms with van der Waals surface area (Å²) in [6.45, 7) is 1.83. The minimum absolute atomic E-state index is 0. The van der Waals surface area contributed by atoms with E-state index in [-0.39, 0.29) is 24.1 Å². The molecular formula is C5H11ClN6. The summed E-state index contributed by atoms with van der Waals surface area (Å²) >= 11 is 0. The fraction of sp³-hybridized carbons (Fsp3) is 0.600. The van der Waals surface area contributed by atoms with Gasteiger partial charge in [0.2, 0.25) is 0 Å². The van der Waals surface area contributed by atoms with Crippen LogP contribution in [0.15, 0.2) is 15.4 Å². The Kier molecular flexibility index (Phi) is 3.15. The minimum Gasteiger partial charge on any atom is -0.385 e. The zero-order valence-electron chi connectivity index (χ0n) is 6.61. The Bertz CT molecular complexity index is 246. The lowest BCUT2D eigenvalue weighted by Gasteiger charge is -2.19. The molecule has 5 N–H and O–H groups in total. The molecule has 1 unspecified atom stereocenters. The van der Waals surface area contributed by atoms with Crippen molar-refractivity contribution in [2.45, 2.75) is 18.9 Å². The highest BCUT2D eigenvalue weighted by atomic mass is 35.5. The Morgan fingerprint density at radius 3 is 2.42 bits per heavy atom. The summed E-state index contributed by atoms with van der Waals surface area (Å²) in [5.74, 6) is 0.0926. The first-order valence-electron chi connectivity index (χ1n) is 3.24. The summed E-state index contributed by atoms with van der Waals surface area (Å²) in [5, 5.41) is 17.8. The lowest BCUT2D eigenvalue weighted by molar-refractivity contribution is 0.679. The average Bonchev–Trinajstić information content (AvgIpc) is 2.32. The maximum atomic E-state index is 7.23. The molecule has 1 aliphatic rings. The summed E-state index contributed by atoms with van der Waals surface area (Å²) in [7, 11) is 0. The Balaban J connectivity index is 0.00000121. The van der Waals surface area contributed by atoms with Crippen LogP contribution in [0.5, 0.6) is 0 Å². The van der Waals surface area contributed by atoms with Crippen molar-refractivity contribution < 1.29 is 0 Å². The van der Waals surface area contributed by atoms with Gasteiger partial charge >= 0.3 is 0 Å². The van der Waals surface area contributed by atoms with Crippen LogP contribution in [-0.4, -0.2) is 17.2 Å². The van der Waals surface area contributed by atoms with Crippen molar-refractivity contribution in [2.75, 3.05) is 0 Å². The van der Waals surface area contributed by atoms with Crippen LogP contribution in [-0.2, 0) is 0 Å². The lowest BCUT2D eigenvalue weighted by Crippen LogP contribution is -2.50. The normalized spacial score (nSPS) is 26.2. The predicted molar refractivity (Wildman–Crippen MR) is 48.7 cm³/mol. The van der Waals surface area contributed by atoms with Crippen molar-refractivity contribution in [3.05, 3.63) is 0 Å². The molecule has 1 rings (SSSR count). The molecule has 0 bridgehead atoms. The molecule has 1 heterocycles. The van der Waals surface area contributed by atoms with Crippen LogP contribution in [0.4, 0.5) is 0 Å². The van der Waals surface area contributed by atoms with E-state index in [2.05, 4.69) is 15.4 Å². The third-order valence-corrected chi connectivity index (χ3v) is 1.75.